The van der Waals surface area contributed by atoms with Gasteiger partial charge in [0, 0.05) is 5.56 Å². The molecule has 0 radical (unpaired) electrons. The standard InChI is InChI=1S/C16H23NO/c1-13(2)11-14(3)18-12-16-8-5-4-7-15(16)9-6-10-17/h4-5,7-8,13-14H,10-12,17H2,1-3H3. The Hall–Kier alpha value is -1.30. The second-order valence-electron chi connectivity index (χ2n) is 4.91. The van der Waals surface area contributed by atoms with Crippen molar-refractivity contribution in [3.05, 3.63) is 35.4 Å². The number of rotatable bonds is 5. The topological polar surface area (TPSA) is 35.2 Å². The van der Waals surface area contributed by atoms with Gasteiger partial charge in [0.2, 0.25) is 0 Å². The Morgan fingerprint density at radius 3 is 2.61 bits per heavy atom. The van der Waals surface area contributed by atoms with Gasteiger partial charge in [-0.25, -0.2) is 0 Å². The predicted molar refractivity (Wildman–Crippen MR) is 76.1 cm³/mol. The van der Waals surface area contributed by atoms with Gasteiger partial charge >= 0.3 is 0 Å². The largest absolute Gasteiger partial charge is 0.374 e. The fourth-order valence-corrected chi connectivity index (χ4v) is 1.88. The molecule has 0 spiro atoms. The summed E-state index contributed by atoms with van der Waals surface area (Å²) < 4.78 is 5.86. The molecule has 1 aromatic rings. The molecule has 2 N–H and O–H groups in total. The van der Waals surface area contributed by atoms with E-state index >= 15 is 0 Å². The van der Waals surface area contributed by atoms with Gasteiger partial charge in [-0.3, -0.25) is 0 Å². The highest BCUT2D eigenvalue weighted by molar-refractivity contribution is 5.41. The minimum atomic E-state index is 0.278. The first kappa shape index (κ1) is 14.8. The maximum absolute atomic E-state index is 5.86. The van der Waals surface area contributed by atoms with Crippen molar-refractivity contribution in [2.24, 2.45) is 11.7 Å². The smallest absolute Gasteiger partial charge is 0.0732 e. The van der Waals surface area contributed by atoms with Crippen LogP contribution in [0.15, 0.2) is 24.3 Å². The van der Waals surface area contributed by atoms with Crippen LogP contribution in [0.25, 0.3) is 0 Å². The van der Waals surface area contributed by atoms with Gasteiger partial charge in [-0.15, -0.1) is 0 Å². The highest BCUT2D eigenvalue weighted by Gasteiger charge is 2.06. The fourth-order valence-electron chi connectivity index (χ4n) is 1.88. The molecule has 0 aliphatic heterocycles. The van der Waals surface area contributed by atoms with Gasteiger partial charge in [0.15, 0.2) is 0 Å². The number of hydrogen-bond donors (Lipinski definition) is 1. The van der Waals surface area contributed by atoms with E-state index in [9.17, 15) is 0 Å². The number of benzene rings is 1. The molecule has 1 aromatic carbocycles. The van der Waals surface area contributed by atoms with Crippen LogP contribution in [0.3, 0.4) is 0 Å². The van der Waals surface area contributed by atoms with Crippen LogP contribution >= 0.6 is 0 Å². The van der Waals surface area contributed by atoms with Crippen LogP contribution in [0.4, 0.5) is 0 Å². The van der Waals surface area contributed by atoms with E-state index in [0.717, 1.165) is 17.5 Å². The molecule has 2 heteroatoms. The maximum Gasteiger partial charge on any atom is 0.0732 e. The highest BCUT2D eigenvalue weighted by atomic mass is 16.5. The molecule has 0 aliphatic rings. The van der Waals surface area contributed by atoms with Crippen molar-refractivity contribution in [2.45, 2.75) is 39.9 Å². The summed E-state index contributed by atoms with van der Waals surface area (Å²) in [5, 5.41) is 0. The summed E-state index contributed by atoms with van der Waals surface area (Å²) in [4.78, 5) is 0. The van der Waals surface area contributed by atoms with Crippen molar-refractivity contribution in [2.75, 3.05) is 6.54 Å². The van der Waals surface area contributed by atoms with Gasteiger partial charge in [-0.1, -0.05) is 43.9 Å². The second kappa shape index (κ2) is 7.92. The molecule has 0 saturated heterocycles. The monoisotopic (exact) mass is 245 g/mol. The predicted octanol–water partition coefficient (Wildman–Crippen LogP) is 2.95. The van der Waals surface area contributed by atoms with Gasteiger partial charge in [0.05, 0.1) is 19.3 Å². The summed E-state index contributed by atoms with van der Waals surface area (Å²) in [7, 11) is 0. The van der Waals surface area contributed by atoms with E-state index in [1.807, 2.05) is 18.2 Å². The summed E-state index contributed by atoms with van der Waals surface area (Å²) in [5.74, 6) is 6.63. The number of nitrogens with two attached hydrogens (primary N) is 1. The normalized spacial score (nSPS) is 12.1. The minimum Gasteiger partial charge on any atom is -0.374 e. The van der Waals surface area contributed by atoms with Crippen molar-refractivity contribution in [3.8, 4) is 11.8 Å². The average Bonchev–Trinajstić information content (AvgIpc) is 2.34. The van der Waals surface area contributed by atoms with Crippen LogP contribution in [0.5, 0.6) is 0 Å². The zero-order valence-corrected chi connectivity index (χ0v) is 11.6. The van der Waals surface area contributed by atoms with E-state index in [4.69, 9.17) is 10.5 Å². The van der Waals surface area contributed by atoms with Crippen LogP contribution in [0, 0.1) is 17.8 Å². The van der Waals surface area contributed by atoms with Crippen molar-refractivity contribution in [3.63, 3.8) is 0 Å². The van der Waals surface area contributed by atoms with Crippen LogP contribution in [0.1, 0.15) is 38.3 Å². The van der Waals surface area contributed by atoms with Gasteiger partial charge in [0.25, 0.3) is 0 Å². The van der Waals surface area contributed by atoms with Gasteiger partial charge in [0.1, 0.15) is 0 Å². The highest BCUT2D eigenvalue weighted by Crippen LogP contribution is 2.13. The molecular weight excluding hydrogens is 222 g/mol. The summed E-state index contributed by atoms with van der Waals surface area (Å²) in [6, 6.07) is 8.07. The van der Waals surface area contributed by atoms with Crippen molar-refractivity contribution in [1.29, 1.82) is 0 Å². The molecule has 0 bridgehead atoms. The van der Waals surface area contributed by atoms with E-state index in [0.29, 0.717) is 19.1 Å². The zero-order valence-electron chi connectivity index (χ0n) is 11.6. The Kier molecular flexibility index (Phi) is 6.49. The molecule has 0 aromatic heterocycles. The summed E-state index contributed by atoms with van der Waals surface area (Å²) >= 11 is 0. The lowest BCUT2D eigenvalue weighted by atomic mass is 10.1. The molecule has 98 valence electrons. The van der Waals surface area contributed by atoms with Crippen molar-refractivity contribution < 1.29 is 4.74 Å². The Morgan fingerprint density at radius 1 is 1.22 bits per heavy atom. The Morgan fingerprint density at radius 2 is 1.94 bits per heavy atom. The third-order valence-corrected chi connectivity index (χ3v) is 2.67. The third kappa shape index (κ3) is 5.35. The summed E-state index contributed by atoms with van der Waals surface area (Å²) in [6.45, 7) is 7.54. The Labute approximate surface area is 111 Å². The Bertz CT molecular complexity index is 415. The van der Waals surface area contributed by atoms with E-state index in [1.54, 1.807) is 0 Å². The fraction of sp³-hybridized carbons (Fsp3) is 0.500. The SMILES string of the molecule is CC(C)CC(C)OCc1ccccc1C#CCN. The lowest BCUT2D eigenvalue weighted by Gasteiger charge is -2.15. The molecule has 1 atom stereocenters. The number of hydrogen-bond acceptors (Lipinski definition) is 2. The maximum atomic E-state index is 5.86. The van der Waals surface area contributed by atoms with E-state index < -0.39 is 0 Å². The van der Waals surface area contributed by atoms with Crippen LogP contribution in [-0.2, 0) is 11.3 Å². The molecule has 0 aliphatic carbocycles. The van der Waals surface area contributed by atoms with Crippen LogP contribution in [0.2, 0.25) is 0 Å². The minimum absolute atomic E-state index is 0.278. The molecule has 1 rings (SSSR count). The van der Waals surface area contributed by atoms with Crippen molar-refractivity contribution in [1.82, 2.24) is 0 Å². The molecule has 1 unspecified atom stereocenters. The zero-order chi connectivity index (χ0) is 13.4. The van der Waals surface area contributed by atoms with Gasteiger partial charge in [-0.2, -0.15) is 0 Å². The second-order valence-corrected chi connectivity index (χ2v) is 4.91. The first-order chi connectivity index (χ1) is 8.63. The van der Waals surface area contributed by atoms with E-state index in [2.05, 4.69) is 38.7 Å². The summed E-state index contributed by atoms with van der Waals surface area (Å²) in [5.41, 5.74) is 7.55. The molecular formula is C16H23NO. The molecule has 2 nitrogen and oxygen atoms in total. The van der Waals surface area contributed by atoms with Gasteiger partial charge in [-0.05, 0) is 30.9 Å². The van der Waals surface area contributed by atoms with E-state index in [-0.39, 0.29) is 6.10 Å². The molecule has 0 fully saturated rings. The lowest BCUT2D eigenvalue weighted by molar-refractivity contribution is 0.0396. The first-order valence-corrected chi connectivity index (χ1v) is 6.52. The first-order valence-electron chi connectivity index (χ1n) is 6.52. The molecule has 0 amide bonds. The third-order valence-electron chi connectivity index (χ3n) is 2.67. The summed E-state index contributed by atoms with van der Waals surface area (Å²) in [6.07, 6.45) is 1.36. The Balaban J connectivity index is 2.61. The van der Waals surface area contributed by atoms with Gasteiger partial charge < -0.3 is 10.5 Å². The van der Waals surface area contributed by atoms with Crippen molar-refractivity contribution >= 4 is 0 Å². The lowest BCUT2D eigenvalue weighted by Crippen LogP contribution is -2.11. The van der Waals surface area contributed by atoms with E-state index in [1.165, 1.54) is 0 Å². The molecule has 0 saturated carbocycles. The quantitative estimate of drug-likeness (QED) is 0.809. The molecule has 18 heavy (non-hydrogen) atoms. The average molecular weight is 245 g/mol. The number of ether oxygens (including phenoxy) is 1. The molecule has 0 heterocycles. The van der Waals surface area contributed by atoms with Crippen LogP contribution < -0.4 is 5.73 Å². The van der Waals surface area contributed by atoms with Crippen LogP contribution in [-0.4, -0.2) is 12.6 Å².